The Kier molecular flexibility index (Phi) is 5.83. The normalized spacial score (nSPS) is 13.6. The van der Waals surface area contributed by atoms with Crippen molar-refractivity contribution < 1.29 is 9.53 Å². The number of ether oxygens (including phenoxy) is 1. The second-order valence-corrected chi connectivity index (χ2v) is 9.54. The SMILES string of the molecule is CNc1cc(-n2nc(C)cc2Nc2cc(NC(=O)c3cccc4c3OC(C)(C)C4)ccc2C)ncn1. The average Bonchev–Trinajstić information content (AvgIpc) is 3.38. The van der Waals surface area contributed by atoms with Gasteiger partial charge in [-0.3, -0.25) is 4.79 Å². The average molecular weight is 484 g/mol. The standard InChI is InChI=1S/C27H29N7O2/c1-16-9-10-19(31-26(35)20-8-6-7-18-14-27(3,4)36-25(18)20)12-21(16)32-24-11-17(2)33-34(24)23-13-22(28-5)29-15-30-23/h6-13,15,32H,14H2,1-5H3,(H,31,35)(H,28,29,30). The van der Waals surface area contributed by atoms with E-state index < -0.39 is 0 Å². The Morgan fingerprint density at radius 1 is 1.08 bits per heavy atom. The highest BCUT2D eigenvalue weighted by molar-refractivity contribution is 6.06. The van der Waals surface area contributed by atoms with Crippen LogP contribution < -0.4 is 20.7 Å². The third-order valence-electron chi connectivity index (χ3n) is 6.05. The second-order valence-electron chi connectivity index (χ2n) is 9.54. The van der Waals surface area contributed by atoms with Crippen LogP contribution in [0.4, 0.5) is 23.0 Å². The minimum absolute atomic E-state index is 0.208. The van der Waals surface area contributed by atoms with Gasteiger partial charge in [0.05, 0.1) is 11.3 Å². The molecule has 0 bridgehead atoms. The molecule has 0 radical (unpaired) electrons. The molecule has 1 aliphatic heterocycles. The first-order chi connectivity index (χ1) is 17.2. The van der Waals surface area contributed by atoms with E-state index in [1.54, 1.807) is 17.8 Å². The third kappa shape index (κ3) is 4.59. The zero-order chi connectivity index (χ0) is 25.4. The Morgan fingerprint density at radius 3 is 2.72 bits per heavy atom. The first-order valence-electron chi connectivity index (χ1n) is 11.8. The van der Waals surface area contributed by atoms with Gasteiger partial charge in [0.15, 0.2) is 5.82 Å². The monoisotopic (exact) mass is 483 g/mol. The molecule has 184 valence electrons. The molecule has 36 heavy (non-hydrogen) atoms. The molecule has 4 aromatic rings. The van der Waals surface area contributed by atoms with E-state index in [4.69, 9.17) is 4.74 Å². The molecule has 9 heteroatoms. The largest absolute Gasteiger partial charge is 0.486 e. The number of benzene rings is 2. The predicted molar refractivity (Wildman–Crippen MR) is 141 cm³/mol. The zero-order valence-electron chi connectivity index (χ0n) is 21.0. The van der Waals surface area contributed by atoms with Crippen LogP contribution in [0.25, 0.3) is 5.82 Å². The molecule has 2 aromatic heterocycles. The number of para-hydroxylation sites is 1. The highest BCUT2D eigenvalue weighted by Crippen LogP contribution is 2.38. The summed E-state index contributed by atoms with van der Waals surface area (Å²) in [4.78, 5) is 21.7. The van der Waals surface area contributed by atoms with Crippen molar-refractivity contribution in [2.75, 3.05) is 23.0 Å². The number of rotatable bonds is 6. The topological polar surface area (TPSA) is 106 Å². The fourth-order valence-corrected chi connectivity index (χ4v) is 4.33. The lowest BCUT2D eigenvalue weighted by atomic mass is 10.0. The maximum Gasteiger partial charge on any atom is 0.259 e. The molecule has 0 spiro atoms. The van der Waals surface area contributed by atoms with Gasteiger partial charge < -0.3 is 20.7 Å². The smallest absolute Gasteiger partial charge is 0.259 e. The summed E-state index contributed by atoms with van der Waals surface area (Å²) in [7, 11) is 1.81. The Labute approximate surface area is 209 Å². The summed E-state index contributed by atoms with van der Waals surface area (Å²) in [6, 6.07) is 15.2. The van der Waals surface area contributed by atoms with E-state index in [0.29, 0.717) is 28.6 Å². The van der Waals surface area contributed by atoms with Gasteiger partial charge in [-0.25, -0.2) is 9.97 Å². The maximum absolute atomic E-state index is 13.2. The summed E-state index contributed by atoms with van der Waals surface area (Å²) in [6.45, 7) is 7.98. The first-order valence-corrected chi connectivity index (χ1v) is 11.8. The molecule has 0 saturated carbocycles. The van der Waals surface area contributed by atoms with Crippen molar-refractivity contribution in [3.63, 3.8) is 0 Å². The van der Waals surface area contributed by atoms with Crippen LogP contribution in [0.3, 0.4) is 0 Å². The van der Waals surface area contributed by atoms with Gasteiger partial charge in [-0.15, -0.1) is 0 Å². The number of hydrogen-bond acceptors (Lipinski definition) is 7. The number of hydrogen-bond donors (Lipinski definition) is 3. The van der Waals surface area contributed by atoms with Gasteiger partial charge in [-0.1, -0.05) is 18.2 Å². The number of carbonyl (C=O) groups is 1. The van der Waals surface area contributed by atoms with E-state index in [-0.39, 0.29) is 11.5 Å². The molecule has 0 aliphatic carbocycles. The molecular formula is C27H29N7O2. The van der Waals surface area contributed by atoms with Crippen molar-refractivity contribution in [1.82, 2.24) is 19.7 Å². The highest BCUT2D eigenvalue weighted by Gasteiger charge is 2.33. The highest BCUT2D eigenvalue weighted by atomic mass is 16.5. The summed E-state index contributed by atoms with van der Waals surface area (Å²) in [5.74, 6) is 2.53. The number of nitrogens with zero attached hydrogens (tertiary/aromatic N) is 4. The minimum atomic E-state index is -0.321. The van der Waals surface area contributed by atoms with Crippen LogP contribution in [0.2, 0.25) is 0 Å². The summed E-state index contributed by atoms with van der Waals surface area (Å²) in [5.41, 5.74) is 4.63. The lowest BCUT2D eigenvalue weighted by molar-refractivity contribution is 0.101. The third-order valence-corrected chi connectivity index (χ3v) is 6.05. The van der Waals surface area contributed by atoms with Gasteiger partial charge in [-0.2, -0.15) is 9.78 Å². The number of fused-ring (bicyclic) bond motifs is 1. The van der Waals surface area contributed by atoms with Crippen LogP contribution in [0.1, 0.15) is 41.0 Å². The lowest BCUT2D eigenvalue weighted by Gasteiger charge is -2.18. The van der Waals surface area contributed by atoms with Crippen LogP contribution >= 0.6 is 0 Å². The number of carbonyl (C=O) groups excluding carboxylic acids is 1. The Balaban J connectivity index is 1.41. The first kappa shape index (κ1) is 23.3. The molecule has 1 aliphatic rings. The summed E-state index contributed by atoms with van der Waals surface area (Å²) >= 11 is 0. The van der Waals surface area contributed by atoms with Crippen LogP contribution in [0.5, 0.6) is 5.75 Å². The molecule has 0 atom stereocenters. The van der Waals surface area contributed by atoms with Gasteiger partial charge in [-0.05, 0) is 57.0 Å². The number of anilines is 4. The van der Waals surface area contributed by atoms with Crippen LogP contribution in [0.15, 0.2) is 54.9 Å². The van der Waals surface area contributed by atoms with Crippen LogP contribution in [0, 0.1) is 13.8 Å². The summed E-state index contributed by atoms with van der Waals surface area (Å²) < 4.78 is 7.81. The molecule has 0 fully saturated rings. The zero-order valence-corrected chi connectivity index (χ0v) is 21.0. The Hall–Kier alpha value is -4.40. The number of aryl methyl sites for hydroxylation is 2. The molecule has 3 heterocycles. The van der Waals surface area contributed by atoms with Crippen molar-refractivity contribution in [1.29, 1.82) is 0 Å². The minimum Gasteiger partial charge on any atom is -0.486 e. The summed E-state index contributed by atoms with van der Waals surface area (Å²) in [6.07, 6.45) is 2.27. The molecule has 5 rings (SSSR count). The van der Waals surface area contributed by atoms with Gasteiger partial charge in [0.25, 0.3) is 5.91 Å². The molecule has 9 nitrogen and oxygen atoms in total. The van der Waals surface area contributed by atoms with Crippen molar-refractivity contribution in [3.05, 3.63) is 77.2 Å². The number of nitrogens with one attached hydrogen (secondary N) is 3. The van der Waals surface area contributed by atoms with Crippen molar-refractivity contribution in [3.8, 4) is 11.6 Å². The van der Waals surface area contributed by atoms with E-state index >= 15 is 0 Å². The number of amides is 1. The molecule has 0 saturated heterocycles. The lowest BCUT2D eigenvalue weighted by Crippen LogP contribution is -2.25. The van der Waals surface area contributed by atoms with Crippen LogP contribution in [-0.2, 0) is 6.42 Å². The van der Waals surface area contributed by atoms with E-state index in [1.165, 1.54) is 6.33 Å². The molecule has 3 N–H and O–H groups in total. The fourth-order valence-electron chi connectivity index (χ4n) is 4.33. The molecular weight excluding hydrogens is 454 g/mol. The van der Waals surface area contributed by atoms with Gasteiger partial charge in [0.2, 0.25) is 0 Å². The predicted octanol–water partition coefficient (Wildman–Crippen LogP) is 5.03. The summed E-state index contributed by atoms with van der Waals surface area (Å²) in [5, 5.41) is 14.1. The van der Waals surface area contributed by atoms with Gasteiger partial charge >= 0.3 is 0 Å². The van der Waals surface area contributed by atoms with Crippen LogP contribution in [-0.4, -0.2) is 38.3 Å². The molecule has 1 amide bonds. The van der Waals surface area contributed by atoms with E-state index in [1.807, 2.05) is 70.2 Å². The molecule has 2 aromatic carbocycles. The van der Waals surface area contributed by atoms with Gasteiger partial charge in [0.1, 0.15) is 29.3 Å². The van der Waals surface area contributed by atoms with E-state index in [2.05, 4.69) is 31.0 Å². The van der Waals surface area contributed by atoms with Gasteiger partial charge in [0, 0.05) is 37.0 Å². The van der Waals surface area contributed by atoms with Crippen molar-refractivity contribution in [2.45, 2.75) is 39.7 Å². The maximum atomic E-state index is 13.2. The number of aromatic nitrogens is 4. The second kappa shape index (κ2) is 8.99. The molecule has 0 unspecified atom stereocenters. The fraction of sp³-hybridized carbons (Fsp3) is 0.259. The van der Waals surface area contributed by atoms with E-state index in [9.17, 15) is 4.79 Å². The van der Waals surface area contributed by atoms with Crippen molar-refractivity contribution >= 4 is 28.9 Å². The Morgan fingerprint density at radius 2 is 1.92 bits per heavy atom. The Bertz CT molecular complexity index is 1460. The van der Waals surface area contributed by atoms with Crippen molar-refractivity contribution in [2.24, 2.45) is 0 Å². The quantitative estimate of drug-likeness (QED) is 0.353. The van der Waals surface area contributed by atoms with E-state index in [0.717, 1.165) is 34.7 Å².